The van der Waals surface area contributed by atoms with E-state index >= 15 is 0 Å². The van der Waals surface area contributed by atoms with Gasteiger partial charge >= 0.3 is 0 Å². The average molecular weight is 210 g/mol. The normalized spacial score (nSPS) is 20.9. The van der Waals surface area contributed by atoms with E-state index in [9.17, 15) is 0 Å². The molecule has 0 unspecified atom stereocenters. The Bertz CT molecular complexity index is 270. The summed E-state index contributed by atoms with van der Waals surface area (Å²) in [6, 6.07) is 0. The summed E-state index contributed by atoms with van der Waals surface area (Å²) < 4.78 is 5.68. The van der Waals surface area contributed by atoms with Gasteiger partial charge in [0.25, 0.3) is 0 Å². The van der Waals surface area contributed by atoms with Crippen LogP contribution in [0.25, 0.3) is 0 Å². The van der Waals surface area contributed by atoms with E-state index in [2.05, 4.69) is 12.2 Å². The zero-order chi connectivity index (χ0) is 8.93. The van der Waals surface area contributed by atoms with Crippen LogP contribution in [0, 0.1) is 0 Å². The third kappa shape index (κ3) is 2.71. The smallest absolute Gasteiger partial charge is 0.161 e. The van der Waals surface area contributed by atoms with Gasteiger partial charge in [-0.1, -0.05) is 47.8 Å². The summed E-state index contributed by atoms with van der Waals surface area (Å²) in [6.07, 6.45) is 12.3. The van der Waals surface area contributed by atoms with Crippen molar-refractivity contribution in [2.45, 2.75) is 0 Å². The van der Waals surface area contributed by atoms with Crippen molar-refractivity contribution in [1.82, 2.24) is 0 Å². The largest absolute Gasteiger partial charge is 0.444 e. The third-order valence-electron chi connectivity index (χ3n) is 1.58. The lowest BCUT2D eigenvalue weighted by Gasteiger charge is -2.13. The van der Waals surface area contributed by atoms with E-state index in [1.807, 2.05) is 24.3 Å². The summed E-state index contributed by atoms with van der Waals surface area (Å²) in [5.74, 6) is 2.03. The minimum absolute atomic E-state index is 0.997. The fraction of sp³-hybridized carbons (Fsp3) is 0.200. The van der Waals surface area contributed by atoms with Crippen molar-refractivity contribution in [3.63, 3.8) is 0 Å². The van der Waals surface area contributed by atoms with Crippen molar-refractivity contribution in [2.24, 2.45) is 0 Å². The number of ether oxygens (including phenoxy) is 1. The highest BCUT2D eigenvalue weighted by molar-refractivity contribution is 8.04. The lowest BCUT2D eigenvalue weighted by atomic mass is 10.5. The molecule has 13 heavy (non-hydrogen) atoms. The Labute approximate surface area is 86.6 Å². The second-order valence-electron chi connectivity index (χ2n) is 2.55. The molecule has 2 aliphatic rings. The number of hydrogen-bond donors (Lipinski definition) is 0. The van der Waals surface area contributed by atoms with Crippen molar-refractivity contribution in [3.8, 4) is 0 Å². The van der Waals surface area contributed by atoms with Crippen LogP contribution in [0.3, 0.4) is 0 Å². The molecule has 0 fully saturated rings. The van der Waals surface area contributed by atoms with Crippen molar-refractivity contribution in [1.29, 1.82) is 0 Å². The Hall–Kier alpha value is -0.540. The van der Waals surface area contributed by atoms with E-state index in [0.29, 0.717) is 0 Å². The van der Waals surface area contributed by atoms with E-state index < -0.39 is 0 Å². The van der Waals surface area contributed by atoms with Crippen LogP contribution in [-0.4, -0.2) is 11.5 Å². The topological polar surface area (TPSA) is 9.23 Å². The zero-order valence-corrected chi connectivity index (χ0v) is 8.74. The maximum absolute atomic E-state index is 5.68. The Morgan fingerprint density at radius 1 is 0.923 bits per heavy atom. The first-order valence-corrected chi connectivity index (χ1v) is 6.09. The summed E-state index contributed by atoms with van der Waals surface area (Å²) in [7, 11) is 0. The summed E-state index contributed by atoms with van der Waals surface area (Å²) >= 11 is 3.46. The number of hydrogen-bond acceptors (Lipinski definition) is 3. The lowest BCUT2D eigenvalue weighted by Crippen LogP contribution is -1.93. The molecule has 0 N–H and O–H groups in total. The Kier molecular flexibility index (Phi) is 3.22. The summed E-state index contributed by atoms with van der Waals surface area (Å²) in [6.45, 7) is 0. The second-order valence-corrected chi connectivity index (χ2v) is 4.60. The van der Waals surface area contributed by atoms with Gasteiger partial charge in [0.1, 0.15) is 0 Å². The third-order valence-corrected chi connectivity index (χ3v) is 3.31. The Morgan fingerprint density at radius 3 is 1.85 bits per heavy atom. The molecule has 2 aliphatic heterocycles. The molecule has 0 saturated heterocycles. The summed E-state index contributed by atoms with van der Waals surface area (Å²) in [4.78, 5) is 0. The SMILES string of the molecule is C1=CCSC(OC2=CC=CCS2)=C1. The molecule has 2 heterocycles. The number of rotatable bonds is 2. The molecule has 0 atom stereocenters. The van der Waals surface area contributed by atoms with Crippen molar-refractivity contribution in [2.75, 3.05) is 11.5 Å². The van der Waals surface area contributed by atoms with Crippen LogP contribution in [-0.2, 0) is 4.74 Å². The maximum atomic E-state index is 5.68. The van der Waals surface area contributed by atoms with E-state index in [-0.39, 0.29) is 0 Å². The van der Waals surface area contributed by atoms with Gasteiger partial charge in [-0.15, -0.1) is 0 Å². The Balaban J connectivity index is 1.96. The highest BCUT2D eigenvalue weighted by atomic mass is 32.2. The highest BCUT2D eigenvalue weighted by Gasteiger charge is 2.06. The fourth-order valence-electron chi connectivity index (χ4n) is 0.987. The van der Waals surface area contributed by atoms with Gasteiger partial charge in [-0.3, -0.25) is 0 Å². The molecule has 0 spiro atoms. The van der Waals surface area contributed by atoms with Gasteiger partial charge in [0.15, 0.2) is 10.2 Å². The first kappa shape index (κ1) is 9.03. The zero-order valence-electron chi connectivity index (χ0n) is 7.10. The van der Waals surface area contributed by atoms with Crippen LogP contribution < -0.4 is 0 Å². The van der Waals surface area contributed by atoms with Crippen LogP contribution in [0.1, 0.15) is 0 Å². The standard InChI is InChI=1S/C10H10OS2/c1-3-7-12-9(5-1)11-10-6-2-4-8-13-10/h1-6H,7-8H2. The van der Waals surface area contributed by atoms with Crippen LogP contribution in [0.5, 0.6) is 0 Å². The van der Waals surface area contributed by atoms with Crippen LogP contribution in [0.15, 0.2) is 46.6 Å². The molecule has 2 rings (SSSR count). The molecule has 1 nitrogen and oxygen atoms in total. The molecule has 0 aromatic rings. The van der Waals surface area contributed by atoms with E-state index in [4.69, 9.17) is 4.74 Å². The van der Waals surface area contributed by atoms with Crippen molar-refractivity contribution < 1.29 is 4.74 Å². The molecule has 0 aromatic heterocycles. The van der Waals surface area contributed by atoms with Gasteiger partial charge in [-0.25, -0.2) is 0 Å². The molecule has 0 saturated carbocycles. The van der Waals surface area contributed by atoms with Gasteiger partial charge in [0.05, 0.1) is 0 Å². The molecule has 3 heteroatoms. The van der Waals surface area contributed by atoms with Crippen LogP contribution in [0.4, 0.5) is 0 Å². The van der Waals surface area contributed by atoms with E-state index in [1.54, 1.807) is 23.5 Å². The first-order chi connectivity index (χ1) is 6.45. The Morgan fingerprint density at radius 2 is 1.46 bits per heavy atom. The van der Waals surface area contributed by atoms with Gasteiger partial charge in [-0.05, 0) is 12.2 Å². The molecule has 0 bridgehead atoms. The van der Waals surface area contributed by atoms with Gasteiger partial charge in [0.2, 0.25) is 0 Å². The predicted molar refractivity (Wildman–Crippen MR) is 60.4 cm³/mol. The average Bonchev–Trinajstić information content (AvgIpc) is 2.21. The molecule has 0 radical (unpaired) electrons. The van der Waals surface area contributed by atoms with E-state index in [1.165, 1.54) is 0 Å². The van der Waals surface area contributed by atoms with Gasteiger partial charge < -0.3 is 4.74 Å². The lowest BCUT2D eigenvalue weighted by molar-refractivity contribution is 0.374. The van der Waals surface area contributed by atoms with Crippen LogP contribution in [0.2, 0.25) is 0 Å². The predicted octanol–water partition coefficient (Wildman–Crippen LogP) is 3.29. The monoisotopic (exact) mass is 210 g/mol. The minimum atomic E-state index is 0.997. The first-order valence-electron chi connectivity index (χ1n) is 4.12. The van der Waals surface area contributed by atoms with Crippen molar-refractivity contribution >= 4 is 23.5 Å². The number of thioether (sulfide) groups is 2. The highest BCUT2D eigenvalue weighted by Crippen LogP contribution is 2.29. The molecule has 0 aliphatic carbocycles. The van der Waals surface area contributed by atoms with Gasteiger partial charge in [0, 0.05) is 11.5 Å². The maximum Gasteiger partial charge on any atom is 0.161 e. The summed E-state index contributed by atoms with van der Waals surface area (Å²) in [5.41, 5.74) is 0. The minimum Gasteiger partial charge on any atom is -0.444 e. The van der Waals surface area contributed by atoms with E-state index in [0.717, 1.165) is 21.7 Å². The van der Waals surface area contributed by atoms with Gasteiger partial charge in [-0.2, -0.15) is 0 Å². The molecule has 68 valence electrons. The second kappa shape index (κ2) is 4.63. The number of allylic oxidation sites excluding steroid dienone is 4. The molecule has 0 aromatic carbocycles. The molecular formula is C10H10OS2. The quantitative estimate of drug-likeness (QED) is 0.692. The molecule has 0 amide bonds. The summed E-state index contributed by atoms with van der Waals surface area (Å²) in [5, 5.41) is 1.99. The van der Waals surface area contributed by atoms with Crippen molar-refractivity contribution in [3.05, 3.63) is 46.6 Å². The fourth-order valence-corrected chi connectivity index (χ4v) is 2.43. The molecular weight excluding hydrogens is 200 g/mol. The van der Waals surface area contributed by atoms with Crippen LogP contribution >= 0.6 is 23.5 Å².